The Morgan fingerprint density at radius 1 is 1.15 bits per heavy atom. The molecule has 0 radical (unpaired) electrons. The first-order valence-electron chi connectivity index (χ1n) is 7.87. The maximum absolute atomic E-state index is 12.2. The van der Waals surface area contributed by atoms with Gasteiger partial charge in [-0.25, -0.2) is 0 Å². The smallest absolute Gasteiger partial charge is 0.227 e. The predicted molar refractivity (Wildman–Crippen MR) is 111 cm³/mol. The molecule has 0 unspecified atom stereocenters. The van der Waals surface area contributed by atoms with Crippen LogP contribution >= 0.6 is 45.8 Å². The molecule has 1 N–H and O–H groups in total. The van der Waals surface area contributed by atoms with Gasteiger partial charge in [-0.05, 0) is 47.2 Å². The van der Waals surface area contributed by atoms with Crippen LogP contribution in [0.4, 0.5) is 5.82 Å². The molecule has 0 aliphatic heterocycles. The van der Waals surface area contributed by atoms with Crippen molar-refractivity contribution in [1.29, 1.82) is 0 Å². The third-order valence-corrected chi connectivity index (χ3v) is 5.27. The highest BCUT2D eigenvalue weighted by Crippen LogP contribution is 2.20. The lowest BCUT2D eigenvalue weighted by molar-refractivity contribution is -0.116. The largest absolute Gasteiger partial charge is 0.308 e. The van der Waals surface area contributed by atoms with Gasteiger partial charge in [0.1, 0.15) is 5.02 Å². The molecule has 9 heteroatoms. The van der Waals surface area contributed by atoms with Crippen LogP contribution in [0.25, 0.3) is 0 Å². The lowest BCUT2D eigenvalue weighted by Crippen LogP contribution is -2.15. The van der Waals surface area contributed by atoms with E-state index in [0.717, 1.165) is 14.8 Å². The van der Waals surface area contributed by atoms with E-state index in [4.69, 9.17) is 23.2 Å². The molecule has 2 aromatic heterocycles. The van der Waals surface area contributed by atoms with Crippen molar-refractivity contribution in [2.45, 2.75) is 26.4 Å². The Labute approximate surface area is 174 Å². The fourth-order valence-corrected chi connectivity index (χ4v) is 3.11. The van der Waals surface area contributed by atoms with E-state index in [1.807, 2.05) is 37.4 Å². The van der Waals surface area contributed by atoms with E-state index in [1.54, 1.807) is 15.6 Å². The monoisotopic (exact) mass is 503 g/mol. The zero-order chi connectivity index (χ0) is 18.7. The van der Waals surface area contributed by atoms with Crippen molar-refractivity contribution in [3.63, 3.8) is 0 Å². The van der Waals surface area contributed by atoms with Crippen molar-refractivity contribution < 1.29 is 4.79 Å². The van der Waals surface area contributed by atoms with Crippen molar-refractivity contribution in [3.8, 4) is 0 Å². The number of hydrogen-bond donors (Lipinski definition) is 1. The minimum Gasteiger partial charge on any atom is -0.308 e. The molecule has 3 rings (SSSR count). The molecule has 0 saturated carbocycles. The molecule has 0 atom stereocenters. The second-order valence-electron chi connectivity index (χ2n) is 5.77. The number of carbonyl (C=O) groups is 1. The first-order valence-corrected chi connectivity index (χ1v) is 9.71. The van der Waals surface area contributed by atoms with E-state index in [9.17, 15) is 4.79 Å². The number of carbonyl (C=O) groups excluding carboxylic acids is 1. The van der Waals surface area contributed by atoms with Crippen LogP contribution < -0.4 is 5.32 Å². The minimum absolute atomic E-state index is 0.160. The van der Waals surface area contributed by atoms with Crippen LogP contribution in [0, 0.1) is 10.5 Å². The van der Waals surface area contributed by atoms with Gasteiger partial charge in [-0.1, -0.05) is 35.3 Å². The molecule has 3 aromatic rings. The number of rotatable bonds is 6. The number of nitrogens with zero attached hydrogens (tertiary/aromatic N) is 4. The first-order chi connectivity index (χ1) is 12.4. The number of aryl methyl sites for hydroxylation is 2. The van der Waals surface area contributed by atoms with Crippen molar-refractivity contribution in [3.05, 3.63) is 61.5 Å². The topological polar surface area (TPSA) is 64.7 Å². The Morgan fingerprint density at radius 3 is 2.54 bits per heavy atom. The van der Waals surface area contributed by atoms with E-state index in [0.29, 0.717) is 29.0 Å². The number of hydrogen-bond acceptors (Lipinski definition) is 3. The Kier molecular flexibility index (Phi) is 6.20. The fourth-order valence-electron chi connectivity index (χ4n) is 2.36. The summed E-state index contributed by atoms with van der Waals surface area (Å²) in [5, 5.41) is 12.5. The summed E-state index contributed by atoms with van der Waals surface area (Å²) in [5.41, 5.74) is 1.99. The second kappa shape index (κ2) is 8.41. The van der Waals surface area contributed by atoms with E-state index >= 15 is 0 Å². The highest BCUT2D eigenvalue weighted by Gasteiger charge is 2.12. The summed E-state index contributed by atoms with van der Waals surface area (Å²) in [6.07, 6.45) is 3.89. The highest BCUT2D eigenvalue weighted by atomic mass is 127. The molecule has 0 fully saturated rings. The number of halogens is 3. The summed E-state index contributed by atoms with van der Waals surface area (Å²) >= 11 is 14.3. The summed E-state index contributed by atoms with van der Waals surface area (Å²) in [6, 6.07) is 7.49. The summed E-state index contributed by atoms with van der Waals surface area (Å²) in [4.78, 5) is 12.2. The van der Waals surface area contributed by atoms with Crippen LogP contribution in [0.1, 0.15) is 17.7 Å². The zero-order valence-corrected chi connectivity index (χ0v) is 17.6. The Hall–Kier alpha value is -1.58. The van der Waals surface area contributed by atoms with Crippen LogP contribution in [-0.2, 0) is 17.9 Å². The third-order valence-electron chi connectivity index (χ3n) is 3.69. The molecule has 0 spiro atoms. The molecule has 1 aromatic carbocycles. The highest BCUT2D eigenvalue weighted by molar-refractivity contribution is 14.1. The van der Waals surface area contributed by atoms with Crippen LogP contribution in [0.2, 0.25) is 10.0 Å². The Balaban J connectivity index is 1.58. The standard InChI is InChI=1S/C17H16Cl2IN5O/c1-11-15(20)10-24(22-11)7-6-16(26)21-17-14(19)9-25(23-17)8-12-2-4-13(18)5-3-12/h2-5,9-10H,6-8H2,1H3,(H,21,23,26). The van der Waals surface area contributed by atoms with Crippen molar-refractivity contribution in [2.24, 2.45) is 0 Å². The fraction of sp³-hybridized carbons (Fsp3) is 0.235. The van der Waals surface area contributed by atoms with Gasteiger partial charge in [0.05, 0.1) is 15.8 Å². The van der Waals surface area contributed by atoms with Crippen molar-refractivity contribution >= 4 is 57.5 Å². The van der Waals surface area contributed by atoms with E-state index < -0.39 is 0 Å². The number of nitrogens with one attached hydrogen (secondary N) is 1. The van der Waals surface area contributed by atoms with Gasteiger partial charge >= 0.3 is 0 Å². The van der Waals surface area contributed by atoms with Gasteiger partial charge in [-0.2, -0.15) is 10.2 Å². The van der Waals surface area contributed by atoms with E-state index in [2.05, 4.69) is 38.1 Å². The zero-order valence-electron chi connectivity index (χ0n) is 13.9. The molecular formula is C17H16Cl2IN5O. The van der Waals surface area contributed by atoms with Crippen LogP contribution in [0.15, 0.2) is 36.7 Å². The van der Waals surface area contributed by atoms with E-state index in [-0.39, 0.29) is 12.3 Å². The average molecular weight is 504 g/mol. The first kappa shape index (κ1) is 19.2. The second-order valence-corrected chi connectivity index (χ2v) is 7.78. The lowest BCUT2D eigenvalue weighted by Gasteiger charge is -2.04. The Morgan fingerprint density at radius 2 is 1.88 bits per heavy atom. The summed E-state index contributed by atoms with van der Waals surface area (Å²) in [5.74, 6) is 0.198. The van der Waals surface area contributed by atoms with Gasteiger partial charge in [0.15, 0.2) is 5.82 Å². The SMILES string of the molecule is Cc1nn(CCC(=O)Nc2nn(Cc3ccc(Cl)cc3)cc2Cl)cc1I. The maximum atomic E-state index is 12.2. The van der Waals surface area contributed by atoms with E-state index in [1.165, 1.54) is 0 Å². The normalized spacial score (nSPS) is 10.9. The predicted octanol–water partition coefficient (Wildman–Crippen LogP) is 4.38. The maximum Gasteiger partial charge on any atom is 0.227 e. The molecule has 0 saturated heterocycles. The number of anilines is 1. The van der Waals surface area contributed by atoms with Gasteiger partial charge in [0.2, 0.25) is 5.91 Å². The molecule has 0 aliphatic rings. The van der Waals surface area contributed by atoms with Crippen LogP contribution in [0.3, 0.4) is 0 Å². The quantitative estimate of drug-likeness (QED) is 0.508. The van der Waals surface area contributed by atoms with Gasteiger partial charge in [0, 0.05) is 30.4 Å². The van der Waals surface area contributed by atoms with Crippen LogP contribution in [0.5, 0.6) is 0 Å². The molecule has 26 heavy (non-hydrogen) atoms. The molecule has 0 bridgehead atoms. The molecular weight excluding hydrogens is 488 g/mol. The van der Waals surface area contributed by atoms with Crippen molar-refractivity contribution in [2.75, 3.05) is 5.32 Å². The Bertz CT molecular complexity index is 900. The summed E-state index contributed by atoms with van der Waals surface area (Å²) in [6.45, 7) is 2.97. The molecule has 1 amide bonds. The molecule has 2 heterocycles. The number of aromatic nitrogens is 4. The summed E-state index contributed by atoms with van der Waals surface area (Å²) in [7, 11) is 0. The van der Waals surface area contributed by atoms with Gasteiger partial charge in [-0.15, -0.1) is 0 Å². The van der Waals surface area contributed by atoms with Gasteiger partial charge in [0.25, 0.3) is 0 Å². The van der Waals surface area contributed by atoms with Crippen molar-refractivity contribution in [1.82, 2.24) is 19.6 Å². The minimum atomic E-state index is -0.160. The number of amides is 1. The lowest BCUT2D eigenvalue weighted by atomic mass is 10.2. The molecule has 6 nitrogen and oxygen atoms in total. The molecule has 136 valence electrons. The van der Waals surface area contributed by atoms with Gasteiger partial charge < -0.3 is 5.32 Å². The average Bonchev–Trinajstić information content (AvgIpc) is 3.10. The number of benzene rings is 1. The van der Waals surface area contributed by atoms with Crippen LogP contribution in [-0.4, -0.2) is 25.5 Å². The third kappa shape index (κ3) is 4.99. The van der Waals surface area contributed by atoms with Gasteiger partial charge in [-0.3, -0.25) is 14.2 Å². The summed E-state index contributed by atoms with van der Waals surface area (Å²) < 4.78 is 4.52. The molecule has 0 aliphatic carbocycles.